The molecule has 3 heterocycles. The van der Waals surface area contributed by atoms with Crippen molar-refractivity contribution < 1.29 is 36.0 Å². The van der Waals surface area contributed by atoms with E-state index < -0.39 is 28.5 Å². The fourth-order valence-corrected chi connectivity index (χ4v) is 7.66. The summed E-state index contributed by atoms with van der Waals surface area (Å²) in [5.41, 5.74) is 5.09. The minimum Gasteiger partial charge on any atom is -0.546 e. The number of carboxylic acids is 1. The van der Waals surface area contributed by atoms with Crippen LogP contribution >= 0.6 is 11.8 Å². The molecule has 0 saturated carbocycles. The molecule has 0 unspecified atom stereocenters. The summed E-state index contributed by atoms with van der Waals surface area (Å²) in [5, 5.41) is 14.0. The Morgan fingerprint density at radius 2 is 1.93 bits per heavy atom. The number of aryl methyl sites for hydroxylation is 1. The van der Waals surface area contributed by atoms with Gasteiger partial charge in [0.15, 0.2) is 11.0 Å². The van der Waals surface area contributed by atoms with Crippen LogP contribution in [0.5, 0.6) is 0 Å². The van der Waals surface area contributed by atoms with Crippen LogP contribution in [0.3, 0.4) is 0 Å². The van der Waals surface area contributed by atoms with Gasteiger partial charge < -0.3 is 19.2 Å². The summed E-state index contributed by atoms with van der Waals surface area (Å²) in [6, 6.07) is 20.6. The molecule has 2 aromatic heterocycles. The zero-order valence-corrected chi connectivity index (χ0v) is 26.3. The van der Waals surface area contributed by atoms with E-state index in [0.717, 1.165) is 21.2 Å². The number of benzene rings is 3. The van der Waals surface area contributed by atoms with Crippen molar-refractivity contribution in [1.29, 1.82) is 0 Å². The minimum absolute atomic E-state index is 0.0858. The third kappa shape index (κ3) is 5.96. The van der Waals surface area contributed by atoms with E-state index in [4.69, 9.17) is 8.70 Å². The maximum atomic E-state index is 17.2. The van der Waals surface area contributed by atoms with E-state index in [2.05, 4.69) is 5.48 Å². The molecule has 13 heteroatoms. The monoisotopic (exact) mass is 650 g/mol. The second kappa shape index (κ2) is 12.7. The number of nitrogens with one attached hydrogen (secondary N) is 1. The third-order valence-electron chi connectivity index (χ3n) is 7.55. The van der Waals surface area contributed by atoms with Gasteiger partial charge in [-0.15, -0.1) is 0 Å². The molecule has 6 rings (SSSR count). The Kier molecular flexibility index (Phi) is 8.69. The standard InChI is InChI=1S/C32H31FN4O6S2/c1-3-34-43-45(40,41)18-8-16-36-25-19-22(26-11-7-17-42-26)13-15-27(25)44-32(36)29(33)31-35(4-2)24-14-12-21-9-5-6-10-23(21)30(24)37(31)20-28(38)39/h5-7,9-15,17,19,34H,3-4,8,16,18,20H2,1-2H3. The maximum Gasteiger partial charge on any atom is 0.322 e. The average Bonchev–Trinajstić information content (AvgIpc) is 3.76. The van der Waals surface area contributed by atoms with Crippen LogP contribution in [0.1, 0.15) is 26.1 Å². The number of aromatic nitrogens is 2. The topological polar surface area (TPSA) is 121 Å². The number of carboxylic acid groups (broad SMARTS) is 1. The van der Waals surface area contributed by atoms with Crippen LogP contribution in [0.15, 0.2) is 87.3 Å². The highest BCUT2D eigenvalue weighted by Crippen LogP contribution is 2.50. The third-order valence-corrected chi connectivity index (χ3v) is 9.87. The quantitative estimate of drug-likeness (QED) is 0.153. The number of aliphatic carboxylic acids is 1. The zero-order chi connectivity index (χ0) is 31.7. The molecule has 0 spiro atoms. The molecule has 0 saturated heterocycles. The van der Waals surface area contributed by atoms with E-state index in [9.17, 15) is 18.3 Å². The number of thioether (sulfide) groups is 1. The fourth-order valence-electron chi connectivity index (χ4n) is 5.70. The molecule has 5 aromatic rings. The molecule has 234 valence electrons. The number of carbonyl (C=O) groups is 1. The van der Waals surface area contributed by atoms with Gasteiger partial charge in [0.25, 0.3) is 10.1 Å². The first kappa shape index (κ1) is 30.8. The summed E-state index contributed by atoms with van der Waals surface area (Å²) in [4.78, 5) is 14.6. The van der Waals surface area contributed by atoms with Crippen LogP contribution in [-0.2, 0) is 32.3 Å². The zero-order valence-electron chi connectivity index (χ0n) is 24.7. The first-order chi connectivity index (χ1) is 21.7. The predicted molar refractivity (Wildman–Crippen MR) is 169 cm³/mol. The SMILES string of the molecule is CCNOS(=O)(=O)CCCN1C(=C(F)c2n(CC)c3ccc4ccccc4c3[n+]2CC(=O)[O-])Sc2ccc(-c3ccco3)cc21. The summed E-state index contributed by atoms with van der Waals surface area (Å²) < 4.78 is 55.7. The highest BCUT2D eigenvalue weighted by Gasteiger charge is 2.37. The lowest BCUT2D eigenvalue weighted by Crippen LogP contribution is -2.46. The Morgan fingerprint density at radius 3 is 2.67 bits per heavy atom. The number of hydrogen-bond donors (Lipinski definition) is 1. The highest BCUT2D eigenvalue weighted by molar-refractivity contribution is 8.04. The Morgan fingerprint density at radius 1 is 1.11 bits per heavy atom. The van der Waals surface area contributed by atoms with Gasteiger partial charge in [-0.1, -0.05) is 36.9 Å². The van der Waals surface area contributed by atoms with Gasteiger partial charge in [0.05, 0.1) is 30.2 Å². The number of carbonyl (C=O) groups excluding carboxylic acids is 1. The molecule has 1 N–H and O–H groups in total. The summed E-state index contributed by atoms with van der Waals surface area (Å²) in [5.74, 6) is -1.56. The normalized spacial score (nSPS) is 14.4. The number of rotatable bonds is 12. The first-order valence-electron chi connectivity index (χ1n) is 14.5. The first-order valence-corrected chi connectivity index (χ1v) is 16.9. The predicted octanol–water partition coefficient (Wildman–Crippen LogP) is 4.58. The molecular weight excluding hydrogens is 620 g/mol. The molecule has 0 bridgehead atoms. The van der Waals surface area contributed by atoms with Gasteiger partial charge in [0.2, 0.25) is 5.83 Å². The van der Waals surface area contributed by atoms with Gasteiger partial charge in [0.1, 0.15) is 17.3 Å². The van der Waals surface area contributed by atoms with Crippen molar-refractivity contribution in [2.45, 2.75) is 38.3 Å². The number of imidazole rings is 1. The molecule has 0 radical (unpaired) electrons. The number of fused-ring (bicyclic) bond motifs is 4. The summed E-state index contributed by atoms with van der Waals surface area (Å²) in [6.07, 6.45) is 1.70. The van der Waals surface area contributed by atoms with Crippen LogP contribution in [0.25, 0.3) is 39.0 Å². The Hall–Kier alpha value is -4.17. The van der Waals surface area contributed by atoms with Crippen LogP contribution < -0.4 is 20.1 Å². The Labute approximate surface area is 263 Å². The van der Waals surface area contributed by atoms with E-state index in [1.54, 1.807) is 28.7 Å². The number of halogens is 1. The molecule has 0 atom stereocenters. The molecular formula is C32H31FN4O6S2. The molecule has 0 amide bonds. The lowest BCUT2D eigenvalue weighted by atomic mass is 10.1. The summed E-state index contributed by atoms with van der Waals surface area (Å²) >= 11 is 1.20. The smallest absolute Gasteiger partial charge is 0.322 e. The highest BCUT2D eigenvalue weighted by atomic mass is 32.2. The summed E-state index contributed by atoms with van der Waals surface area (Å²) in [6.45, 7) is 3.86. The van der Waals surface area contributed by atoms with Crippen LogP contribution in [0.2, 0.25) is 0 Å². The van der Waals surface area contributed by atoms with E-state index in [-0.39, 0.29) is 29.6 Å². The largest absolute Gasteiger partial charge is 0.546 e. The van der Waals surface area contributed by atoms with Gasteiger partial charge in [0, 0.05) is 28.9 Å². The van der Waals surface area contributed by atoms with Crippen molar-refractivity contribution in [2.24, 2.45) is 0 Å². The van der Waals surface area contributed by atoms with E-state index in [0.29, 0.717) is 35.6 Å². The minimum atomic E-state index is -3.87. The van der Waals surface area contributed by atoms with Crippen molar-refractivity contribution in [1.82, 2.24) is 10.0 Å². The molecule has 1 aliphatic rings. The number of nitrogens with zero attached hydrogens (tertiary/aromatic N) is 3. The average molecular weight is 651 g/mol. The second-order valence-corrected chi connectivity index (χ2v) is 13.1. The number of hydroxylamine groups is 1. The van der Waals surface area contributed by atoms with Crippen LogP contribution in [0.4, 0.5) is 10.1 Å². The van der Waals surface area contributed by atoms with Crippen molar-refractivity contribution in [3.05, 3.63) is 83.8 Å². The Bertz CT molecular complexity index is 2040. The lowest BCUT2D eigenvalue weighted by molar-refractivity contribution is -0.668. The van der Waals surface area contributed by atoms with E-state index in [1.165, 1.54) is 16.3 Å². The van der Waals surface area contributed by atoms with E-state index >= 15 is 4.39 Å². The van der Waals surface area contributed by atoms with Gasteiger partial charge in [-0.2, -0.15) is 22.6 Å². The number of anilines is 1. The maximum absolute atomic E-state index is 17.2. The molecule has 1 aliphatic heterocycles. The van der Waals surface area contributed by atoms with E-state index in [1.807, 2.05) is 67.6 Å². The lowest BCUT2D eigenvalue weighted by Gasteiger charge is -2.21. The van der Waals surface area contributed by atoms with Crippen LogP contribution in [0, 0.1) is 0 Å². The molecule has 45 heavy (non-hydrogen) atoms. The van der Waals surface area contributed by atoms with Gasteiger partial charge in [-0.3, -0.25) is 0 Å². The van der Waals surface area contributed by atoms with Crippen LogP contribution in [-0.4, -0.2) is 37.8 Å². The van der Waals surface area contributed by atoms with Crippen molar-refractivity contribution in [2.75, 3.05) is 23.7 Å². The van der Waals surface area contributed by atoms with Crippen molar-refractivity contribution in [3.8, 4) is 11.3 Å². The second-order valence-electron chi connectivity index (χ2n) is 10.4. The van der Waals surface area contributed by atoms with Crippen molar-refractivity contribution in [3.63, 3.8) is 0 Å². The molecule has 0 aliphatic carbocycles. The molecule has 0 fully saturated rings. The summed E-state index contributed by atoms with van der Waals surface area (Å²) in [7, 11) is -3.87. The number of hydrogen-bond acceptors (Lipinski definition) is 9. The van der Waals surface area contributed by atoms with Crippen molar-refractivity contribution >= 4 is 61.2 Å². The fraction of sp³-hybridized carbons (Fsp3) is 0.250. The van der Waals surface area contributed by atoms with Gasteiger partial charge in [-0.25, -0.2) is 9.13 Å². The Balaban J connectivity index is 1.51. The van der Waals surface area contributed by atoms with Gasteiger partial charge >= 0.3 is 5.82 Å². The van der Waals surface area contributed by atoms with Gasteiger partial charge in [-0.05, 0) is 67.3 Å². The number of furan rings is 1. The molecule has 10 nitrogen and oxygen atoms in total. The molecule has 3 aromatic carbocycles.